The molecule has 15 heavy (non-hydrogen) atoms. The molecule has 0 saturated heterocycles. The lowest BCUT2D eigenvalue weighted by atomic mass is 10.2. The molecule has 0 aromatic heterocycles. The van der Waals surface area contributed by atoms with Crippen molar-refractivity contribution in [2.75, 3.05) is 0 Å². The van der Waals surface area contributed by atoms with Gasteiger partial charge in [0.25, 0.3) is 0 Å². The summed E-state index contributed by atoms with van der Waals surface area (Å²) in [6.45, 7) is 7.47. The van der Waals surface area contributed by atoms with Crippen LogP contribution in [0.5, 0.6) is 0 Å². The first-order valence-corrected chi connectivity index (χ1v) is 5.63. The van der Waals surface area contributed by atoms with E-state index >= 15 is 0 Å². The van der Waals surface area contributed by atoms with Crippen molar-refractivity contribution in [1.29, 1.82) is 0 Å². The first-order valence-electron chi connectivity index (χ1n) is 5.63. The third-order valence-electron chi connectivity index (χ3n) is 1.83. The van der Waals surface area contributed by atoms with E-state index in [4.69, 9.17) is 0 Å². The van der Waals surface area contributed by atoms with E-state index in [1.165, 1.54) is 24.8 Å². The van der Waals surface area contributed by atoms with E-state index in [-0.39, 0.29) is 0 Å². The molecular weight excluding hydrogens is 180 g/mol. The summed E-state index contributed by atoms with van der Waals surface area (Å²) >= 11 is 0. The van der Waals surface area contributed by atoms with Crippen molar-refractivity contribution in [2.45, 2.75) is 33.1 Å². The van der Waals surface area contributed by atoms with Gasteiger partial charge in [-0.2, -0.15) is 0 Å². The minimum atomic E-state index is 1.20. The number of hydrogen-bond acceptors (Lipinski definition) is 0. The fraction of sp³-hybridized carbons (Fsp3) is 0.333. The Labute approximate surface area is 94.3 Å². The average molecular weight is 202 g/mol. The molecule has 1 aromatic carbocycles. The maximum atomic E-state index is 3.36. The SMILES string of the molecule is C=CC.CCCCC=Cc1ccccc1. The van der Waals surface area contributed by atoms with Gasteiger partial charge in [0.05, 0.1) is 0 Å². The zero-order chi connectivity index (χ0) is 11.4. The zero-order valence-corrected chi connectivity index (χ0v) is 9.95. The van der Waals surface area contributed by atoms with Crippen LogP contribution in [0.25, 0.3) is 6.08 Å². The maximum Gasteiger partial charge on any atom is -0.0260 e. The van der Waals surface area contributed by atoms with Gasteiger partial charge in [0.2, 0.25) is 0 Å². The predicted octanol–water partition coefficient (Wildman–Crippen LogP) is 5.08. The van der Waals surface area contributed by atoms with Gasteiger partial charge in [-0.05, 0) is 18.9 Å². The summed E-state index contributed by atoms with van der Waals surface area (Å²) in [4.78, 5) is 0. The van der Waals surface area contributed by atoms with Crippen LogP contribution in [-0.4, -0.2) is 0 Å². The van der Waals surface area contributed by atoms with E-state index < -0.39 is 0 Å². The Balaban J connectivity index is 0.000000583. The lowest BCUT2D eigenvalue weighted by molar-refractivity contribution is 0.816. The molecule has 0 aliphatic carbocycles. The van der Waals surface area contributed by atoms with Gasteiger partial charge in [-0.3, -0.25) is 0 Å². The molecule has 0 spiro atoms. The second kappa shape index (κ2) is 10.8. The summed E-state index contributed by atoms with van der Waals surface area (Å²) in [5.41, 5.74) is 1.30. The second-order valence-electron chi connectivity index (χ2n) is 3.36. The van der Waals surface area contributed by atoms with Gasteiger partial charge >= 0.3 is 0 Å². The normalized spacial score (nSPS) is 9.47. The van der Waals surface area contributed by atoms with Crippen LogP contribution >= 0.6 is 0 Å². The van der Waals surface area contributed by atoms with E-state index in [0.717, 1.165) is 0 Å². The van der Waals surface area contributed by atoms with Crippen LogP contribution in [0.1, 0.15) is 38.7 Å². The third kappa shape index (κ3) is 9.01. The lowest BCUT2D eigenvalue weighted by Crippen LogP contribution is -1.69. The highest BCUT2D eigenvalue weighted by molar-refractivity contribution is 5.48. The van der Waals surface area contributed by atoms with Crippen LogP contribution in [0.3, 0.4) is 0 Å². The smallest absolute Gasteiger partial charge is 0.0260 e. The van der Waals surface area contributed by atoms with Crippen molar-refractivity contribution >= 4 is 6.08 Å². The number of unbranched alkanes of at least 4 members (excludes halogenated alkanes) is 2. The minimum absolute atomic E-state index is 1.20. The second-order valence-corrected chi connectivity index (χ2v) is 3.36. The van der Waals surface area contributed by atoms with Crippen LogP contribution in [0, 0.1) is 0 Å². The minimum Gasteiger partial charge on any atom is -0.103 e. The van der Waals surface area contributed by atoms with Crippen LogP contribution in [0.4, 0.5) is 0 Å². The summed E-state index contributed by atoms with van der Waals surface area (Å²) in [5.74, 6) is 0. The largest absolute Gasteiger partial charge is 0.103 e. The molecule has 0 N–H and O–H groups in total. The summed E-state index contributed by atoms with van der Waals surface area (Å²) in [7, 11) is 0. The van der Waals surface area contributed by atoms with Crippen LogP contribution < -0.4 is 0 Å². The molecule has 0 fully saturated rings. The average Bonchev–Trinajstić information content (AvgIpc) is 2.27. The lowest BCUT2D eigenvalue weighted by Gasteiger charge is -1.91. The number of hydrogen-bond donors (Lipinski definition) is 0. The third-order valence-corrected chi connectivity index (χ3v) is 1.83. The van der Waals surface area contributed by atoms with Gasteiger partial charge in [-0.25, -0.2) is 0 Å². The van der Waals surface area contributed by atoms with E-state index in [1.54, 1.807) is 6.08 Å². The topological polar surface area (TPSA) is 0 Å². The standard InChI is InChI=1S/C12H16.C3H6/c1-2-3-4-6-9-12-10-7-5-8-11-12;1-3-2/h5-11H,2-4H2,1H3;3H,1H2,2H3. The molecular formula is C15H22. The Kier molecular flexibility index (Phi) is 9.84. The predicted molar refractivity (Wildman–Crippen MR) is 70.9 cm³/mol. The summed E-state index contributed by atoms with van der Waals surface area (Å²) in [6, 6.07) is 10.4. The highest BCUT2D eigenvalue weighted by Gasteiger charge is 1.81. The monoisotopic (exact) mass is 202 g/mol. The molecule has 1 rings (SSSR count). The van der Waals surface area contributed by atoms with Crippen LogP contribution in [-0.2, 0) is 0 Å². The van der Waals surface area contributed by atoms with Crippen molar-refractivity contribution in [3.8, 4) is 0 Å². The Bertz CT molecular complexity index is 257. The molecule has 0 saturated carbocycles. The van der Waals surface area contributed by atoms with E-state index in [9.17, 15) is 0 Å². The summed E-state index contributed by atoms with van der Waals surface area (Å²) in [6.07, 6.45) is 9.96. The summed E-state index contributed by atoms with van der Waals surface area (Å²) in [5, 5.41) is 0. The Morgan fingerprint density at radius 3 is 2.33 bits per heavy atom. The Morgan fingerprint density at radius 1 is 1.20 bits per heavy atom. The highest BCUT2D eigenvalue weighted by atomic mass is 13.9. The highest BCUT2D eigenvalue weighted by Crippen LogP contribution is 2.03. The number of allylic oxidation sites excluding steroid dienone is 2. The molecule has 0 unspecified atom stereocenters. The molecule has 0 bridgehead atoms. The maximum absolute atomic E-state index is 3.36. The molecule has 0 aliphatic rings. The van der Waals surface area contributed by atoms with Crippen molar-refractivity contribution in [2.24, 2.45) is 0 Å². The van der Waals surface area contributed by atoms with Crippen LogP contribution in [0.2, 0.25) is 0 Å². The molecule has 0 nitrogen and oxygen atoms in total. The zero-order valence-electron chi connectivity index (χ0n) is 9.95. The fourth-order valence-corrected chi connectivity index (χ4v) is 1.11. The molecule has 0 amide bonds. The molecule has 0 atom stereocenters. The van der Waals surface area contributed by atoms with Gasteiger partial charge in [0.1, 0.15) is 0 Å². The number of rotatable bonds is 4. The van der Waals surface area contributed by atoms with Gasteiger partial charge in [-0.15, -0.1) is 6.58 Å². The Hall–Kier alpha value is -1.30. The molecule has 0 heteroatoms. The van der Waals surface area contributed by atoms with E-state index in [2.05, 4.69) is 49.9 Å². The molecule has 82 valence electrons. The molecule has 0 radical (unpaired) electrons. The van der Waals surface area contributed by atoms with Crippen LogP contribution in [0.15, 0.2) is 49.1 Å². The van der Waals surface area contributed by atoms with E-state index in [1.807, 2.05) is 13.0 Å². The van der Waals surface area contributed by atoms with Gasteiger partial charge in [0.15, 0.2) is 0 Å². The van der Waals surface area contributed by atoms with Crippen molar-refractivity contribution in [1.82, 2.24) is 0 Å². The summed E-state index contributed by atoms with van der Waals surface area (Å²) < 4.78 is 0. The number of benzene rings is 1. The molecule has 0 heterocycles. The molecule has 0 aliphatic heterocycles. The van der Waals surface area contributed by atoms with Gasteiger partial charge < -0.3 is 0 Å². The fourth-order valence-electron chi connectivity index (χ4n) is 1.11. The first-order chi connectivity index (χ1) is 7.35. The van der Waals surface area contributed by atoms with Gasteiger partial charge in [-0.1, -0.05) is 68.3 Å². The van der Waals surface area contributed by atoms with Crippen molar-refractivity contribution < 1.29 is 0 Å². The quantitative estimate of drug-likeness (QED) is 0.471. The van der Waals surface area contributed by atoms with Crippen molar-refractivity contribution in [3.63, 3.8) is 0 Å². The van der Waals surface area contributed by atoms with Gasteiger partial charge in [0, 0.05) is 0 Å². The molecule has 1 aromatic rings. The Morgan fingerprint density at radius 2 is 1.80 bits per heavy atom. The van der Waals surface area contributed by atoms with E-state index in [0.29, 0.717) is 0 Å². The first kappa shape index (κ1) is 13.7. The van der Waals surface area contributed by atoms with Crippen molar-refractivity contribution in [3.05, 3.63) is 54.6 Å².